The third-order valence-corrected chi connectivity index (χ3v) is 5.41. The van der Waals surface area contributed by atoms with Gasteiger partial charge in [0.2, 0.25) is 17.7 Å². The lowest BCUT2D eigenvalue weighted by atomic mass is 10.1. The molecule has 1 aliphatic heterocycles. The summed E-state index contributed by atoms with van der Waals surface area (Å²) in [5.74, 6) is -0.481. The Balaban J connectivity index is 1.36. The van der Waals surface area contributed by atoms with Gasteiger partial charge in [-0.25, -0.2) is 0 Å². The lowest BCUT2D eigenvalue weighted by molar-refractivity contribution is -0.121. The highest BCUT2D eigenvalue weighted by Gasteiger charge is 2.30. The molecule has 4 amide bonds. The quantitative estimate of drug-likeness (QED) is 0.722. The van der Waals surface area contributed by atoms with Crippen LogP contribution in [0.1, 0.15) is 54.6 Å². The zero-order valence-electron chi connectivity index (χ0n) is 16.7. The van der Waals surface area contributed by atoms with Gasteiger partial charge in [0, 0.05) is 30.0 Å². The number of carbonyl (C=O) groups excluding carboxylic acids is 4. The Morgan fingerprint density at radius 3 is 2.10 bits per heavy atom. The molecule has 1 aliphatic carbocycles. The molecule has 2 aliphatic rings. The van der Waals surface area contributed by atoms with E-state index in [0.717, 1.165) is 29.0 Å². The van der Waals surface area contributed by atoms with Crippen LogP contribution in [0.3, 0.4) is 0 Å². The zero-order valence-corrected chi connectivity index (χ0v) is 16.7. The molecule has 2 aromatic carbocycles. The maximum atomic E-state index is 12.6. The van der Waals surface area contributed by atoms with Gasteiger partial charge in [-0.3, -0.25) is 24.1 Å². The first-order valence-corrected chi connectivity index (χ1v) is 10.1. The highest BCUT2D eigenvalue weighted by Crippen LogP contribution is 2.30. The fourth-order valence-electron chi connectivity index (χ4n) is 3.43. The SMILES string of the molecule is CC(NC(=O)c1ccc(N2C(=O)CCC2=O)cc1)c1ccc(NC(=O)C2CC2)cc1. The molecule has 30 heavy (non-hydrogen) atoms. The summed E-state index contributed by atoms with van der Waals surface area (Å²) in [5, 5.41) is 5.83. The van der Waals surface area contributed by atoms with Gasteiger partial charge in [-0.1, -0.05) is 12.1 Å². The maximum absolute atomic E-state index is 12.6. The van der Waals surface area contributed by atoms with E-state index in [2.05, 4.69) is 10.6 Å². The highest BCUT2D eigenvalue weighted by molar-refractivity contribution is 6.19. The summed E-state index contributed by atoms with van der Waals surface area (Å²) in [6, 6.07) is 13.6. The fourth-order valence-corrected chi connectivity index (χ4v) is 3.43. The van der Waals surface area contributed by atoms with Gasteiger partial charge in [0.25, 0.3) is 5.91 Å². The van der Waals surface area contributed by atoms with E-state index >= 15 is 0 Å². The van der Waals surface area contributed by atoms with E-state index in [1.807, 2.05) is 31.2 Å². The topological polar surface area (TPSA) is 95.6 Å². The molecule has 2 N–H and O–H groups in total. The minimum Gasteiger partial charge on any atom is -0.346 e. The van der Waals surface area contributed by atoms with E-state index < -0.39 is 0 Å². The minimum absolute atomic E-state index is 0.0601. The van der Waals surface area contributed by atoms with E-state index in [0.29, 0.717) is 11.3 Å². The number of nitrogens with one attached hydrogen (secondary N) is 2. The molecule has 1 atom stereocenters. The first kappa shape index (κ1) is 19.8. The average Bonchev–Trinajstić information content (AvgIpc) is 3.54. The van der Waals surface area contributed by atoms with Gasteiger partial charge in [0.15, 0.2) is 0 Å². The van der Waals surface area contributed by atoms with Gasteiger partial charge in [0.1, 0.15) is 0 Å². The van der Waals surface area contributed by atoms with Gasteiger partial charge in [0.05, 0.1) is 11.7 Å². The number of hydrogen-bond donors (Lipinski definition) is 2. The van der Waals surface area contributed by atoms with Gasteiger partial charge >= 0.3 is 0 Å². The van der Waals surface area contributed by atoms with E-state index in [1.165, 1.54) is 0 Å². The summed E-state index contributed by atoms with van der Waals surface area (Å²) >= 11 is 0. The van der Waals surface area contributed by atoms with Crippen molar-refractivity contribution in [2.45, 2.75) is 38.6 Å². The Kier molecular flexibility index (Phi) is 5.35. The van der Waals surface area contributed by atoms with Crippen molar-refractivity contribution in [2.75, 3.05) is 10.2 Å². The standard InChI is InChI=1S/C23H23N3O4/c1-14(15-4-8-18(9-5-15)25-23(30)16-2-3-16)24-22(29)17-6-10-19(11-7-17)26-20(27)12-13-21(26)28/h4-11,14,16H,2-3,12-13H2,1H3,(H,24,29)(H,25,30). The summed E-state index contributed by atoms with van der Waals surface area (Å²) in [5.41, 5.74) is 2.59. The molecule has 1 saturated heterocycles. The predicted molar refractivity (Wildman–Crippen MR) is 112 cm³/mol. The van der Waals surface area contributed by atoms with Crippen molar-refractivity contribution in [3.63, 3.8) is 0 Å². The Morgan fingerprint density at radius 1 is 0.933 bits per heavy atom. The van der Waals surface area contributed by atoms with Crippen molar-refractivity contribution in [3.8, 4) is 0 Å². The zero-order chi connectivity index (χ0) is 21.3. The molecule has 1 unspecified atom stereocenters. The lowest BCUT2D eigenvalue weighted by Crippen LogP contribution is -2.29. The summed E-state index contributed by atoms with van der Waals surface area (Å²) in [6.07, 6.45) is 2.36. The molecule has 1 heterocycles. The number of anilines is 2. The number of carbonyl (C=O) groups is 4. The Labute approximate surface area is 174 Å². The molecule has 2 fully saturated rings. The van der Waals surface area contributed by atoms with Crippen LogP contribution in [0.15, 0.2) is 48.5 Å². The van der Waals surface area contributed by atoms with Crippen LogP contribution < -0.4 is 15.5 Å². The normalized spacial score (nSPS) is 17.0. The monoisotopic (exact) mass is 405 g/mol. The molecule has 0 spiro atoms. The van der Waals surface area contributed by atoms with Crippen LogP contribution in [-0.4, -0.2) is 23.6 Å². The predicted octanol–water partition coefficient (Wildman–Crippen LogP) is 3.18. The second-order valence-corrected chi connectivity index (χ2v) is 7.75. The third-order valence-electron chi connectivity index (χ3n) is 5.41. The Bertz CT molecular complexity index is 978. The van der Waals surface area contributed by atoms with E-state index in [9.17, 15) is 19.2 Å². The number of amides is 4. The smallest absolute Gasteiger partial charge is 0.251 e. The van der Waals surface area contributed by atoms with Crippen LogP contribution in [-0.2, 0) is 14.4 Å². The van der Waals surface area contributed by atoms with Crippen LogP contribution in [0.25, 0.3) is 0 Å². The van der Waals surface area contributed by atoms with E-state index in [-0.39, 0.29) is 48.4 Å². The number of benzene rings is 2. The van der Waals surface area contributed by atoms with Crippen molar-refractivity contribution >= 4 is 35.0 Å². The summed E-state index contributed by atoms with van der Waals surface area (Å²) < 4.78 is 0. The van der Waals surface area contributed by atoms with Gasteiger partial charge in [-0.05, 0) is 61.7 Å². The highest BCUT2D eigenvalue weighted by atomic mass is 16.2. The van der Waals surface area contributed by atoms with Crippen molar-refractivity contribution in [2.24, 2.45) is 5.92 Å². The van der Waals surface area contributed by atoms with E-state index in [4.69, 9.17) is 0 Å². The Morgan fingerprint density at radius 2 is 1.53 bits per heavy atom. The fraction of sp³-hybridized carbons (Fsp3) is 0.304. The average molecular weight is 405 g/mol. The lowest BCUT2D eigenvalue weighted by Gasteiger charge is -2.16. The number of imide groups is 1. The van der Waals surface area contributed by atoms with Crippen molar-refractivity contribution in [3.05, 3.63) is 59.7 Å². The van der Waals surface area contributed by atoms with Crippen LogP contribution in [0, 0.1) is 5.92 Å². The second kappa shape index (κ2) is 8.10. The molecular weight excluding hydrogens is 382 g/mol. The molecular formula is C23H23N3O4. The molecule has 2 aromatic rings. The van der Waals surface area contributed by atoms with Crippen molar-refractivity contribution in [1.29, 1.82) is 0 Å². The van der Waals surface area contributed by atoms with Crippen LogP contribution in [0.2, 0.25) is 0 Å². The Hall–Kier alpha value is -3.48. The summed E-state index contributed by atoms with van der Waals surface area (Å²) in [7, 11) is 0. The maximum Gasteiger partial charge on any atom is 0.251 e. The first-order valence-electron chi connectivity index (χ1n) is 10.1. The molecule has 7 nitrogen and oxygen atoms in total. The molecule has 7 heteroatoms. The van der Waals surface area contributed by atoms with Gasteiger partial charge in [-0.15, -0.1) is 0 Å². The van der Waals surface area contributed by atoms with Gasteiger partial charge < -0.3 is 10.6 Å². The third kappa shape index (κ3) is 4.25. The number of hydrogen-bond acceptors (Lipinski definition) is 4. The molecule has 1 saturated carbocycles. The van der Waals surface area contributed by atoms with Crippen molar-refractivity contribution < 1.29 is 19.2 Å². The number of rotatable bonds is 6. The molecule has 0 radical (unpaired) electrons. The van der Waals surface area contributed by atoms with Crippen LogP contribution in [0.5, 0.6) is 0 Å². The van der Waals surface area contributed by atoms with Gasteiger partial charge in [-0.2, -0.15) is 0 Å². The molecule has 0 bridgehead atoms. The summed E-state index contributed by atoms with van der Waals surface area (Å²) in [6.45, 7) is 1.88. The minimum atomic E-state index is -0.251. The van der Waals surface area contributed by atoms with E-state index in [1.54, 1.807) is 24.3 Å². The van der Waals surface area contributed by atoms with Crippen molar-refractivity contribution in [1.82, 2.24) is 5.32 Å². The summed E-state index contributed by atoms with van der Waals surface area (Å²) in [4.78, 5) is 49.2. The molecule has 0 aromatic heterocycles. The largest absolute Gasteiger partial charge is 0.346 e. The van der Waals surface area contributed by atoms with Crippen LogP contribution in [0.4, 0.5) is 11.4 Å². The molecule has 4 rings (SSSR count). The first-order chi connectivity index (χ1) is 14.4. The second-order valence-electron chi connectivity index (χ2n) is 7.75. The molecule has 154 valence electrons. The van der Waals surface area contributed by atoms with Crippen LogP contribution >= 0.6 is 0 Å². The number of nitrogens with zero attached hydrogens (tertiary/aromatic N) is 1.